The average molecular weight is 1130 g/mol. The maximum atomic E-state index is 5.51. The van der Waals surface area contributed by atoms with Crippen molar-refractivity contribution < 1.29 is 0 Å². The summed E-state index contributed by atoms with van der Waals surface area (Å²) < 4.78 is 0. The summed E-state index contributed by atoms with van der Waals surface area (Å²) in [6, 6.07) is 99.5. The van der Waals surface area contributed by atoms with Gasteiger partial charge >= 0.3 is 0 Å². The van der Waals surface area contributed by atoms with Gasteiger partial charge in [0, 0.05) is 21.8 Å². The zero-order valence-electron chi connectivity index (χ0n) is 42.1. The average Bonchev–Trinajstić information content (AvgIpc) is 4.14. The molecule has 8 nitrogen and oxygen atoms in total. The van der Waals surface area contributed by atoms with Crippen LogP contribution in [0.4, 0.5) is 11.4 Å². The molecule has 2 aliphatic heterocycles. The molecule has 10 heteroatoms. The minimum Gasteiger partial charge on any atom is -0.230 e. The third kappa shape index (κ3) is 8.93. The SMILES string of the molecule is BrCc1ccc(-c2ccccc2N2NN=C(CC3=NNN(c4ccccc4-c4ccc(CBr)cc4)N3C(c3ccccc3)(c3ccccc3)c3ccccc3)N2C(c2ccccc2)(c2ccccc2)c2ccccc2)cc1. The monoisotopic (exact) mass is 1130 g/mol. The minimum absolute atomic E-state index is 0.250. The van der Waals surface area contributed by atoms with E-state index in [1.165, 1.54) is 11.1 Å². The smallest absolute Gasteiger partial charge is 0.156 e. The highest BCUT2D eigenvalue weighted by atomic mass is 79.9. The van der Waals surface area contributed by atoms with Gasteiger partial charge in [0.05, 0.1) is 17.8 Å². The van der Waals surface area contributed by atoms with Crippen molar-refractivity contribution in [2.45, 2.75) is 28.2 Å². The molecule has 0 saturated carbocycles. The van der Waals surface area contributed by atoms with Gasteiger partial charge < -0.3 is 0 Å². The van der Waals surface area contributed by atoms with Gasteiger partial charge in [-0.05, 0) is 67.8 Å². The molecule has 0 bridgehead atoms. The number of hydrogen-bond acceptors (Lipinski definition) is 8. The van der Waals surface area contributed by atoms with E-state index in [0.717, 1.165) is 89.3 Å². The number of amidine groups is 2. The second kappa shape index (κ2) is 21.9. The number of hydrogen-bond donors (Lipinski definition) is 2. The van der Waals surface area contributed by atoms with Gasteiger partial charge in [0.2, 0.25) is 0 Å². The van der Waals surface area contributed by atoms with Crippen LogP contribution in [0.25, 0.3) is 22.3 Å². The van der Waals surface area contributed by atoms with Crippen LogP contribution in [0.3, 0.4) is 0 Å². The molecule has 0 unspecified atom stereocenters. The zero-order chi connectivity index (χ0) is 52.0. The Kier molecular flexibility index (Phi) is 14.0. The van der Waals surface area contributed by atoms with Crippen LogP contribution in [-0.4, -0.2) is 21.7 Å². The molecule has 376 valence electrons. The van der Waals surface area contributed by atoms with Gasteiger partial charge in [-0.15, -0.1) is 10.2 Å². The molecule has 2 aliphatic rings. The molecule has 12 rings (SSSR count). The number of para-hydroxylation sites is 2. The lowest BCUT2D eigenvalue weighted by atomic mass is 9.75. The molecular weight excluding hydrogens is 1080 g/mol. The Bertz CT molecular complexity index is 3210. The normalized spacial score (nSPS) is 13.5. The molecule has 0 radical (unpaired) electrons. The third-order valence-corrected chi connectivity index (χ3v) is 15.9. The van der Waals surface area contributed by atoms with E-state index in [9.17, 15) is 0 Å². The van der Waals surface area contributed by atoms with Crippen molar-refractivity contribution >= 4 is 54.9 Å². The van der Waals surface area contributed by atoms with Crippen molar-refractivity contribution in [3.63, 3.8) is 0 Å². The number of rotatable bonds is 16. The molecule has 10 aromatic carbocycles. The second-order valence-electron chi connectivity index (χ2n) is 19.0. The molecule has 0 aliphatic carbocycles. The highest BCUT2D eigenvalue weighted by Crippen LogP contribution is 2.50. The van der Waals surface area contributed by atoms with Crippen LogP contribution in [0.2, 0.25) is 0 Å². The fourth-order valence-electron chi connectivity index (χ4n) is 11.2. The maximum Gasteiger partial charge on any atom is 0.156 e. The first-order valence-corrected chi connectivity index (χ1v) is 28.0. The number of hydrazone groups is 2. The highest BCUT2D eigenvalue weighted by molar-refractivity contribution is 9.08. The van der Waals surface area contributed by atoms with Crippen molar-refractivity contribution in [2.75, 3.05) is 10.2 Å². The van der Waals surface area contributed by atoms with E-state index in [2.05, 4.69) is 342 Å². The van der Waals surface area contributed by atoms with Gasteiger partial charge in [-0.1, -0.05) is 299 Å². The molecule has 2 N–H and O–H groups in total. The molecule has 2 heterocycles. The molecule has 77 heavy (non-hydrogen) atoms. The molecule has 0 aromatic heterocycles. The van der Waals surface area contributed by atoms with Gasteiger partial charge in [0.25, 0.3) is 0 Å². The lowest BCUT2D eigenvalue weighted by Gasteiger charge is -2.49. The first-order chi connectivity index (χ1) is 38.1. The number of nitrogens with one attached hydrogen (secondary N) is 2. The number of anilines is 2. The lowest BCUT2D eigenvalue weighted by molar-refractivity contribution is 0.232. The number of halogens is 2. The van der Waals surface area contributed by atoms with Crippen molar-refractivity contribution in [1.82, 2.24) is 21.1 Å². The number of nitrogens with zero attached hydrogens (tertiary/aromatic N) is 6. The van der Waals surface area contributed by atoms with Crippen LogP contribution in [-0.2, 0) is 21.7 Å². The van der Waals surface area contributed by atoms with E-state index in [1.807, 2.05) is 0 Å². The lowest BCUT2D eigenvalue weighted by Crippen LogP contribution is -2.61. The summed E-state index contributed by atoms with van der Waals surface area (Å²) in [5.74, 6) is 1.44. The summed E-state index contributed by atoms with van der Waals surface area (Å²) in [6.07, 6.45) is 0.250. The summed E-state index contributed by atoms with van der Waals surface area (Å²) in [7, 11) is 0. The molecule has 0 saturated heterocycles. The van der Waals surface area contributed by atoms with Gasteiger partial charge in [0.15, 0.2) is 11.7 Å². The third-order valence-electron chi connectivity index (χ3n) is 14.6. The number of benzene rings is 10. The largest absolute Gasteiger partial charge is 0.230 e. The van der Waals surface area contributed by atoms with Crippen LogP contribution in [0.1, 0.15) is 50.9 Å². The molecule has 10 aromatic rings. The Morgan fingerprint density at radius 1 is 0.312 bits per heavy atom. The summed E-state index contributed by atoms with van der Waals surface area (Å²) >= 11 is 7.35. The van der Waals surface area contributed by atoms with E-state index < -0.39 is 11.1 Å². The van der Waals surface area contributed by atoms with Gasteiger partial charge in [0.1, 0.15) is 11.1 Å². The van der Waals surface area contributed by atoms with Crippen molar-refractivity contribution in [3.05, 3.63) is 324 Å². The Balaban J connectivity index is 1.12. The van der Waals surface area contributed by atoms with Crippen LogP contribution < -0.4 is 21.3 Å². The molecule has 0 amide bonds. The van der Waals surface area contributed by atoms with E-state index in [-0.39, 0.29) is 6.42 Å². The fourth-order valence-corrected chi connectivity index (χ4v) is 11.9. The Labute approximate surface area is 467 Å². The van der Waals surface area contributed by atoms with Crippen LogP contribution in [0.5, 0.6) is 0 Å². The van der Waals surface area contributed by atoms with Crippen molar-refractivity contribution in [3.8, 4) is 22.3 Å². The Morgan fingerprint density at radius 3 is 0.844 bits per heavy atom. The summed E-state index contributed by atoms with van der Waals surface area (Å²) in [5, 5.41) is 21.6. The van der Waals surface area contributed by atoms with E-state index in [1.54, 1.807) is 0 Å². The fraction of sp³-hybridized carbons (Fsp3) is 0.0746. The van der Waals surface area contributed by atoms with Crippen LogP contribution in [0.15, 0.2) is 289 Å². The predicted octanol–water partition coefficient (Wildman–Crippen LogP) is 15.6. The topological polar surface area (TPSA) is 61.7 Å². The van der Waals surface area contributed by atoms with Gasteiger partial charge in [-0.3, -0.25) is 0 Å². The minimum atomic E-state index is -1.01. The predicted molar refractivity (Wildman–Crippen MR) is 322 cm³/mol. The van der Waals surface area contributed by atoms with Gasteiger partial charge in [-0.25, -0.2) is 10.0 Å². The Morgan fingerprint density at radius 2 is 0.571 bits per heavy atom. The van der Waals surface area contributed by atoms with Crippen LogP contribution in [0, 0.1) is 0 Å². The van der Waals surface area contributed by atoms with Crippen molar-refractivity contribution in [2.24, 2.45) is 10.2 Å². The molecular formula is C67H54Br2N8. The summed E-state index contributed by atoms with van der Waals surface area (Å²) in [6.45, 7) is 0. The summed E-state index contributed by atoms with van der Waals surface area (Å²) in [5.41, 5.74) is 20.1. The zero-order valence-corrected chi connectivity index (χ0v) is 45.3. The quantitative estimate of drug-likeness (QED) is 0.0743. The number of alkyl halides is 2. The first-order valence-electron chi connectivity index (χ1n) is 25.8. The molecule has 0 atom stereocenters. The number of hydrazine groups is 4. The van der Waals surface area contributed by atoms with E-state index >= 15 is 0 Å². The Hall–Kier alpha value is -8.70. The summed E-state index contributed by atoms with van der Waals surface area (Å²) in [4.78, 5) is 0. The van der Waals surface area contributed by atoms with E-state index in [4.69, 9.17) is 10.2 Å². The van der Waals surface area contributed by atoms with Gasteiger partial charge in [-0.2, -0.15) is 21.3 Å². The molecule has 0 spiro atoms. The molecule has 0 fully saturated rings. The maximum absolute atomic E-state index is 5.51. The van der Waals surface area contributed by atoms with Crippen molar-refractivity contribution in [1.29, 1.82) is 0 Å². The second-order valence-corrected chi connectivity index (χ2v) is 20.1. The highest BCUT2D eigenvalue weighted by Gasteiger charge is 2.53. The van der Waals surface area contributed by atoms with Crippen LogP contribution >= 0.6 is 31.9 Å². The standard InChI is InChI=1S/C67H54Br2N8/c68-48-50-39-43-52(44-40-50)60-35-19-21-37-62(60)76-72-70-64(74(76)66(54-23-7-1-8-24-54,55-25-9-2-10-26-55)56-27-11-3-12-28-56)47-65-71-73-77(63-38-22-20-36-61(63)53-45-41-51(49-69)42-46-53)75(65)67(57-29-13-4-14-30-57,58-31-15-5-16-32-58)59-33-17-6-18-34-59/h1-46,72-73H,47-49H2. The first kappa shape index (κ1) is 49.2. The van der Waals surface area contributed by atoms with E-state index in [0.29, 0.717) is 0 Å².